The normalized spacial score (nSPS) is 11.7. The van der Waals surface area contributed by atoms with E-state index in [0.717, 1.165) is 30.5 Å². The Morgan fingerprint density at radius 1 is 0.923 bits per heavy atom. The van der Waals surface area contributed by atoms with Gasteiger partial charge >= 0.3 is 0 Å². The molecule has 0 fully saturated rings. The molecule has 26 heavy (non-hydrogen) atoms. The number of carbonyl (C=O) groups excluding carboxylic acids is 1. The van der Waals surface area contributed by atoms with E-state index >= 15 is 0 Å². The van der Waals surface area contributed by atoms with Gasteiger partial charge in [0.15, 0.2) is 0 Å². The molecule has 0 aliphatic rings. The minimum atomic E-state index is -0.113. The number of hydrogen-bond donors (Lipinski definition) is 1. The van der Waals surface area contributed by atoms with E-state index in [9.17, 15) is 4.79 Å². The summed E-state index contributed by atoms with van der Waals surface area (Å²) >= 11 is 0. The van der Waals surface area contributed by atoms with Crippen LogP contribution < -0.4 is 5.32 Å². The van der Waals surface area contributed by atoms with Crippen LogP contribution >= 0.6 is 0 Å². The zero-order chi connectivity index (χ0) is 18.2. The van der Waals surface area contributed by atoms with Crippen molar-refractivity contribution in [2.75, 3.05) is 5.32 Å². The molecule has 0 aliphatic carbocycles. The fourth-order valence-electron chi connectivity index (χ4n) is 3.09. The van der Waals surface area contributed by atoms with Gasteiger partial charge in [-0.2, -0.15) is 0 Å². The van der Waals surface area contributed by atoms with Gasteiger partial charge in [0, 0.05) is 18.1 Å². The number of pyridine rings is 1. The summed E-state index contributed by atoms with van der Waals surface area (Å²) in [6.45, 7) is 2.11. The monoisotopic (exact) mass is 344 g/mol. The van der Waals surface area contributed by atoms with Crippen LogP contribution in [0.3, 0.4) is 0 Å². The van der Waals surface area contributed by atoms with Crippen molar-refractivity contribution in [3.63, 3.8) is 0 Å². The smallest absolute Gasteiger partial charge is 0.231 e. The number of nitrogens with zero attached hydrogens (tertiary/aromatic N) is 1. The fourth-order valence-corrected chi connectivity index (χ4v) is 3.09. The van der Waals surface area contributed by atoms with Crippen molar-refractivity contribution < 1.29 is 4.79 Å². The predicted octanol–water partition coefficient (Wildman–Crippen LogP) is 5.19. The molecule has 1 atom stereocenters. The van der Waals surface area contributed by atoms with Gasteiger partial charge < -0.3 is 5.32 Å². The molecule has 3 aromatic rings. The highest BCUT2D eigenvalue weighted by molar-refractivity contribution is 5.95. The molecule has 1 unspecified atom stereocenters. The maximum atomic E-state index is 12.8. The van der Waals surface area contributed by atoms with Gasteiger partial charge in [0.1, 0.15) is 0 Å². The van der Waals surface area contributed by atoms with E-state index in [-0.39, 0.29) is 11.8 Å². The van der Waals surface area contributed by atoms with Crippen LogP contribution in [-0.4, -0.2) is 10.9 Å². The van der Waals surface area contributed by atoms with Gasteiger partial charge in [-0.15, -0.1) is 0 Å². The Morgan fingerprint density at radius 3 is 2.23 bits per heavy atom. The Labute approximate surface area is 155 Å². The van der Waals surface area contributed by atoms with Gasteiger partial charge in [-0.1, -0.05) is 55.8 Å². The van der Waals surface area contributed by atoms with Crippen LogP contribution in [0.1, 0.15) is 42.4 Å². The Bertz CT molecular complexity index is 814. The minimum absolute atomic E-state index is 0.0555. The second kappa shape index (κ2) is 8.95. The summed E-state index contributed by atoms with van der Waals surface area (Å²) in [5, 5.41) is 3.07. The zero-order valence-electron chi connectivity index (χ0n) is 15.1. The molecular formula is C23H24N2O. The largest absolute Gasteiger partial charge is 0.326 e. The van der Waals surface area contributed by atoms with Crippen molar-refractivity contribution >= 4 is 11.6 Å². The Hall–Kier alpha value is -2.94. The maximum Gasteiger partial charge on any atom is 0.231 e. The van der Waals surface area contributed by atoms with Crippen LogP contribution in [0.5, 0.6) is 0 Å². The molecule has 0 radical (unpaired) electrons. The molecule has 1 N–H and O–H groups in total. The number of hydrogen-bond acceptors (Lipinski definition) is 2. The lowest BCUT2D eigenvalue weighted by Gasteiger charge is -2.17. The van der Waals surface area contributed by atoms with Crippen molar-refractivity contribution in [2.45, 2.75) is 32.1 Å². The number of carbonyl (C=O) groups is 1. The number of rotatable bonds is 7. The summed E-state index contributed by atoms with van der Waals surface area (Å²) in [6, 6.07) is 22.1. The highest BCUT2D eigenvalue weighted by atomic mass is 16.1. The first-order chi connectivity index (χ1) is 12.8. The summed E-state index contributed by atoms with van der Waals surface area (Å²) in [6.07, 6.45) is 6.29. The first kappa shape index (κ1) is 17.9. The Kier molecular flexibility index (Phi) is 6.15. The van der Waals surface area contributed by atoms with Crippen molar-refractivity contribution in [1.29, 1.82) is 0 Å². The Morgan fingerprint density at radius 2 is 1.58 bits per heavy atom. The van der Waals surface area contributed by atoms with Crippen LogP contribution in [0, 0.1) is 0 Å². The Balaban J connectivity index is 1.66. The minimum Gasteiger partial charge on any atom is -0.326 e. The SMILES string of the molecule is CCCC(C(=O)Nc1ccc(Cc2ccncc2)cc1)c1ccccc1. The second-order valence-electron chi connectivity index (χ2n) is 6.47. The maximum absolute atomic E-state index is 12.8. The standard InChI is InChI=1S/C23H24N2O/c1-2-6-22(20-7-4-3-5-8-20)23(26)25-21-11-9-18(10-12-21)17-19-13-15-24-16-14-19/h3-5,7-16,22H,2,6,17H2,1H3,(H,25,26). The molecule has 2 aromatic carbocycles. The van der Waals surface area contributed by atoms with Crippen LogP contribution in [0.2, 0.25) is 0 Å². The molecule has 1 amide bonds. The summed E-state index contributed by atoms with van der Waals surface area (Å²) in [4.78, 5) is 16.8. The first-order valence-corrected chi connectivity index (χ1v) is 9.10. The molecule has 0 saturated carbocycles. The van der Waals surface area contributed by atoms with Crippen LogP contribution in [-0.2, 0) is 11.2 Å². The molecule has 1 aromatic heterocycles. The molecule has 1 heterocycles. The number of anilines is 1. The van der Waals surface area contributed by atoms with Gasteiger partial charge in [-0.25, -0.2) is 0 Å². The van der Waals surface area contributed by atoms with E-state index in [1.165, 1.54) is 11.1 Å². The molecule has 3 nitrogen and oxygen atoms in total. The number of aromatic nitrogens is 1. The molecule has 3 rings (SSSR count). The van der Waals surface area contributed by atoms with Crippen LogP contribution in [0.15, 0.2) is 79.1 Å². The molecule has 0 bridgehead atoms. The summed E-state index contributed by atoms with van der Waals surface area (Å²) in [5.74, 6) is -0.0578. The fraction of sp³-hybridized carbons (Fsp3) is 0.217. The lowest BCUT2D eigenvalue weighted by atomic mass is 9.93. The third kappa shape index (κ3) is 4.79. The average molecular weight is 344 g/mol. The number of nitrogens with one attached hydrogen (secondary N) is 1. The molecule has 132 valence electrons. The second-order valence-corrected chi connectivity index (χ2v) is 6.47. The molecule has 0 spiro atoms. The van der Waals surface area contributed by atoms with Crippen molar-refractivity contribution in [3.05, 3.63) is 95.8 Å². The zero-order valence-corrected chi connectivity index (χ0v) is 15.1. The van der Waals surface area contributed by atoms with Crippen molar-refractivity contribution in [1.82, 2.24) is 4.98 Å². The van der Waals surface area contributed by atoms with Gasteiger partial charge in [0.05, 0.1) is 5.92 Å². The van der Waals surface area contributed by atoms with E-state index in [2.05, 4.69) is 29.4 Å². The lowest BCUT2D eigenvalue weighted by Crippen LogP contribution is -2.21. The van der Waals surface area contributed by atoms with Crippen LogP contribution in [0.4, 0.5) is 5.69 Å². The highest BCUT2D eigenvalue weighted by Crippen LogP contribution is 2.23. The van der Waals surface area contributed by atoms with Gasteiger partial charge in [-0.05, 0) is 53.8 Å². The number of benzene rings is 2. The van der Waals surface area contributed by atoms with E-state index < -0.39 is 0 Å². The molecule has 0 aliphatic heterocycles. The van der Waals surface area contributed by atoms with Crippen molar-refractivity contribution in [2.24, 2.45) is 0 Å². The van der Waals surface area contributed by atoms with E-state index in [4.69, 9.17) is 0 Å². The first-order valence-electron chi connectivity index (χ1n) is 9.10. The third-order valence-electron chi connectivity index (χ3n) is 4.47. The highest BCUT2D eigenvalue weighted by Gasteiger charge is 2.19. The molecular weight excluding hydrogens is 320 g/mol. The van der Waals surface area contributed by atoms with Gasteiger partial charge in [-0.3, -0.25) is 9.78 Å². The number of amides is 1. The van der Waals surface area contributed by atoms with E-state index in [1.807, 2.05) is 54.6 Å². The van der Waals surface area contributed by atoms with Gasteiger partial charge in [0.25, 0.3) is 0 Å². The topological polar surface area (TPSA) is 42.0 Å². The summed E-state index contributed by atoms with van der Waals surface area (Å²) in [7, 11) is 0. The quantitative estimate of drug-likeness (QED) is 0.640. The third-order valence-corrected chi connectivity index (χ3v) is 4.47. The van der Waals surface area contributed by atoms with E-state index in [0.29, 0.717) is 0 Å². The van der Waals surface area contributed by atoms with Crippen LogP contribution in [0.25, 0.3) is 0 Å². The average Bonchev–Trinajstić information content (AvgIpc) is 2.69. The molecule has 3 heteroatoms. The summed E-state index contributed by atoms with van der Waals surface area (Å²) < 4.78 is 0. The predicted molar refractivity (Wildman–Crippen MR) is 106 cm³/mol. The lowest BCUT2D eigenvalue weighted by molar-refractivity contribution is -0.117. The van der Waals surface area contributed by atoms with E-state index in [1.54, 1.807) is 12.4 Å². The summed E-state index contributed by atoms with van der Waals surface area (Å²) in [5.41, 5.74) is 4.35. The van der Waals surface area contributed by atoms with Crippen molar-refractivity contribution in [3.8, 4) is 0 Å². The molecule has 0 saturated heterocycles. The van der Waals surface area contributed by atoms with Gasteiger partial charge in [0.2, 0.25) is 5.91 Å².